The van der Waals surface area contributed by atoms with E-state index in [2.05, 4.69) is 15.3 Å². The molecular formula is C10H14N4OS. The van der Waals surface area contributed by atoms with Gasteiger partial charge in [-0.1, -0.05) is 0 Å². The van der Waals surface area contributed by atoms with Crippen molar-refractivity contribution in [2.24, 2.45) is 0 Å². The van der Waals surface area contributed by atoms with E-state index in [9.17, 15) is 0 Å². The summed E-state index contributed by atoms with van der Waals surface area (Å²) in [5.41, 5.74) is 0.284. The molecule has 1 aromatic heterocycles. The highest BCUT2D eigenvalue weighted by molar-refractivity contribution is 7.98. The molecule has 1 rings (SSSR count). The van der Waals surface area contributed by atoms with Crippen molar-refractivity contribution in [1.82, 2.24) is 9.97 Å². The first kappa shape index (κ1) is 12.7. The Balaban J connectivity index is 2.72. The van der Waals surface area contributed by atoms with E-state index in [1.807, 2.05) is 12.3 Å². The van der Waals surface area contributed by atoms with E-state index in [1.54, 1.807) is 11.8 Å². The molecule has 0 radical (unpaired) electrons. The van der Waals surface area contributed by atoms with Gasteiger partial charge in [0.05, 0.1) is 0 Å². The lowest BCUT2D eigenvalue weighted by Gasteiger charge is -2.17. The van der Waals surface area contributed by atoms with Crippen LogP contribution in [0.2, 0.25) is 0 Å². The third-order valence-electron chi connectivity index (χ3n) is 1.99. The number of hydrogen-bond acceptors (Lipinski definition) is 6. The lowest BCUT2D eigenvalue weighted by Crippen LogP contribution is -2.24. The van der Waals surface area contributed by atoms with Gasteiger partial charge in [0.25, 0.3) is 0 Å². The van der Waals surface area contributed by atoms with Crippen molar-refractivity contribution in [3.63, 3.8) is 0 Å². The Hall–Kier alpha value is -1.32. The molecule has 1 aromatic rings. The average molecular weight is 238 g/mol. The lowest BCUT2D eigenvalue weighted by atomic mass is 10.2. The SMILES string of the molecule is CSC[C@@H](CCO)Nc1nccnc1C#N. The molecule has 0 saturated carbocycles. The van der Waals surface area contributed by atoms with Gasteiger partial charge in [0.1, 0.15) is 6.07 Å². The molecule has 0 aromatic carbocycles. The standard InChI is InChI=1S/C10H14N4OS/c1-16-7-8(2-5-15)14-10-9(6-11)12-3-4-13-10/h3-4,8,15H,2,5,7H2,1H3,(H,13,14)/t8-/m1/s1. The molecule has 0 aliphatic carbocycles. The normalized spacial score (nSPS) is 11.8. The van der Waals surface area contributed by atoms with Gasteiger partial charge in [-0.25, -0.2) is 9.97 Å². The Morgan fingerprint density at radius 2 is 2.31 bits per heavy atom. The maximum absolute atomic E-state index is 8.92. The Labute approximate surface area is 98.9 Å². The lowest BCUT2D eigenvalue weighted by molar-refractivity contribution is 0.282. The summed E-state index contributed by atoms with van der Waals surface area (Å²) >= 11 is 1.68. The first-order valence-electron chi connectivity index (χ1n) is 4.89. The minimum absolute atomic E-state index is 0.101. The zero-order valence-electron chi connectivity index (χ0n) is 9.05. The number of aliphatic hydroxyl groups excluding tert-OH is 1. The minimum atomic E-state index is 0.101. The van der Waals surface area contributed by atoms with Gasteiger partial charge in [0.15, 0.2) is 11.5 Å². The number of nitrogens with one attached hydrogen (secondary N) is 1. The second-order valence-corrected chi connectivity index (χ2v) is 4.08. The zero-order chi connectivity index (χ0) is 11.8. The molecule has 0 fully saturated rings. The van der Waals surface area contributed by atoms with Crippen molar-refractivity contribution in [2.75, 3.05) is 23.9 Å². The van der Waals surface area contributed by atoms with Gasteiger partial charge in [-0.2, -0.15) is 17.0 Å². The topological polar surface area (TPSA) is 81.8 Å². The highest BCUT2D eigenvalue weighted by Crippen LogP contribution is 2.12. The summed E-state index contributed by atoms with van der Waals surface area (Å²) < 4.78 is 0. The molecule has 2 N–H and O–H groups in total. The third-order valence-corrected chi connectivity index (χ3v) is 2.73. The quantitative estimate of drug-likeness (QED) is 0.765. The number of nitriles is 1. The molecule has 0 saturated heterocycles. The van der Waals surface area contributed by atoms with Crippen LogP contribution >= 0.6 is 11.8 Å². The number of aliphatic hydroxyl groups is 1. The molecule has 6 heteroatoms. The van der Waals surface area contributed by atoms with E-state index in [1.165, 1.54) is 12.4 Å². The van der Waals surface area contributed by atoms with Gasteiger partial charge >= 0.3 is 0 Å². The van der Waals surface area contributed by atoms with Gasteiger partial charge in [0.2, 0.25) is 0 Å². The highest BCUT2D eigenvalue weighted by Gasteiger charge is 2.11. The van der Waals surface area contributed by atoms with Gasteiger partial charge in [0, 0.05) is 30.8 Å². The molecule has 86 valence electrons. The Morgan fingerprint density at radius 1 is 1.56 bits per heavy atom. The summed E-state index contributed by atoms with van der Waals surface area (Å²) in [6.07, 6.45) is 5.65. The zero-order valence-corrected chi connectivity index (χ0v) is 9.87. The average Bonchev–Trinajstić information content (AvgIpc) is 2.30. The van der Waals surface area contributed by atoms with Crippen LogP contribution in [-0.2, 0) is 0 Å². The molecule has 1 atom stereocenters. The van der Waals surface area contributed by atoms with E-state index < -0.39 is 0 Å². The van der Waals surface area contributed by atoms with Crippen LogP contribution in [0.1, 0.15) is 12.1 Å². The predicted molar refractivity (Wildman–Crippen MR) is 64.2 cm³/mol. The second-order valence-electron chi connectivity index (χ2n) is 3.17. The van der Waals surface area contributed by atoms with Gasteiger partial charge in [-0.15, -0.1) is 0 Å². The van der Waals surface area contributed by atoms with E-state index in [-0.39, 0.29) is 18.3 Å². The largest absolute Gasteiger partial charge is 0.396 e. The summed E-state index contributed by atoms with van der Waals surface area (Å²) in [6.45, 7) is 0.111. The molecule has 0 aliphatic rings. The molecule has 0 spiro atoms. The van der Waals surface area contributed by atoms with Crippen molar-refractivity contribution in [3.05, 3.63) is 18.1 Å². The Bertz CT molecular complexity index is 360. The molecule has 5 nitrogen and oxygen atoms in total. The van der Waals surface area contributed by atoms with Crippen molar-refractivity contribution < 1.29 is 5.11 Å². The van der Waals surface area contributed by atoms with E-state index in [0.717, 1.165) is 5.75 Å². The predicted octanol–water partition coefficient (Wildman–Crippen LogP) is 0.874. The van der Waals surface area contributed by atoms with Gasteiger partial charge in [-0.3, -0.25) is 0 Å². The summed E-state index contributed by atoms with van der Waals surface area (Å²) in [4.78, 5) is 7.98. The molecule has 1 heterocycles. The maximum atomic E-state index is 8.92. The molecule has 16 heavy (non-hydrogen) atoms. The first-order valence-corrected chi connectivity index (χ1v) is 6.28. The van der Waals surface area contributed by atoms with Crippen molar-refractivity contribution in [1.29, 1.82) is 5.26 Å². The van der Waals surface area contributed by atoms with E-state index in [4.69, 9.17) is 10.4 Å². The summed E-state index contributed by atoms with van der Waals surface area (Å²) in [5.74, 6) is 1.33. The van der Waals surface area contributed by atoms with Crippen LogP contribution in [0.4, 0.5) is 5.82 Å². The van der Waals surface area contributed by atoms with Crippen LogP contribution in [0.15, 0.2) is 12.4 Å². The fraction of sp³-hybridized carbons (Fsp3) is 0.500. The van der Waals surface area contributed by atoms with E-state index in [0.29, 0.717) is 12.2 Å². The van der Waals surface area contributed by atoms with Crippen molar-refractivity contribution in [2.45, 2.75) is 12.5 Å². The number of anilines is 1. The Kier molecular flexibility index (Phi) is 5.61. The van der Waals surface area contributed by atoms with Crippen LogP contribution in [0, 0.1) is 11.3 Å². The number of rotatable bonds is 6. The van der Waals surface area contributed by atoms with Crippen LogP contribution in [0.25, 0.3) is 0 Å². The van der Waals surface area contributed by atoms with Crippen LogP contribution in [-0.4, -0.2) is 39.7 Å². The summed E-state index contributed by atoms with van der Waals surface area (Å²) in [5, 5.41) is 20.9. The number of nitrogens with zero attached hydrogens (tertiary/aromatic N) is 3. The fourth-order valence-corrected chi connectivity index (χ4v) is 1.93. The van der Waals surface area contributed by atoms with Crippen LogP contribution in [0.5, 0.6) is 0 Å². The number of thioether (sulfide) groups is 1. The maximum Gasteiger partial charge on any atom is 0.182 e. The summed E-state index contributed by atoms with van der Waals surface area (Å²) in [7, 11) is 0. The smallest absolute Gasteiger partial charge is 0.182 e. The highest BCUT2D eigenvalue weighted by atomic mass is 32.2. The molecule has 0 aliphatic heterocycles. The second kappa shape index (κ2) is 7.04. The monoisotopic (exact) mass is 238 g/mol. The van der Waals surface area contributed by atoms with Gasteiger partial charge in [-0.05, 0) is 12.7 Å². The minimum Gasteiger partial charge on any atom is -0.396 e. The van der Waals surface area contributed by atoms with E-state index >= 15 is 0 Å². The van der Waals surface area contributed by atoms with Crippen molar-refractivity contribution in [3.8, 4) is 6.07 Å². The fourth-order valence-electron chi connectivity index (χ4n) is 1.27. The third kappa shape index (κ3) is 3.68. The molecule has 0 bridgehead atoms. The van der Waals surface area contributed by atoms with Crippen LogP contribution in [0.3, 0.4) is 0 Å². The van der Waals surface area contributed by atoms with Crippen molar-refractivity contribution >= 4 is 17.6 Å². The first-order chi connectivity index (χ1) is 7.81. The number of aromatic nitrogens is 2. The molecule has 0 unspecified atom stereocenters. The van der Waals surface area contributed by atoms with Gasteiger partial charge < -0.3 is 10.4 Å². The summed E-state index contributed by atoms with van der Waals surface area (Å²) in [6, 6.07) is 2.08. The Morgan fingerprint density at radius 3 is 2.94 bits per heavy atom. The number of hydrogen-bond donors (Lipinski definition) is 2. The van der Waals surface area contributed by atoms with Crippen LogP contribution < -0.4 is 5.32 Å². The molecule has 0 amide bonds. The molecular weight excluding hydrogens is 224 g/mol.